The van der Waals surface area contributed by atoms with Crippen LogP contribution in [0.2, 0.25) is 0 Å². The largest absolute Gasteiger partial charge is 0.459 e. The number of aromatic nitrogens is 2. The Morgan fingerprint density at radius 2 is 1.67 bits per heavy atom. The number of nitrogens with zero attached hydrogens (tertiary/aromatic N) is 2. The van der Waals surface area contributed by atoms with Crippen LogP contribution in [0.3, 0.4) is 0 Å². The summed E-state index contributed by atoms with van der Waals surface area (Å²) in [5, 5.41) is 1.02. The van der Waals surface area contributed by atoms with Crippen molar-refractivity contribution >= 4 is 45.6 Å². The second-order valence-electron chi connectivity index (χ2n) is 8.79. The average molecular weight is 596 g/mol. The maximum Gasteiger partial charge on any atom is 0.338 e. The number of carbonyl (C=O) groups is 2. The fourth-order valence-corrected chi connectivity index (χ4v) is 5.02. The molecule has 7 nitrogen and oxygen atoms in total. The monoisotopic (exact) mass is 596 g/mol. The standard InChI is InChI=1S/C28H25IN2O5/c1-17-7-3-5-9-19(17)27(32)34-16-24-23(36-28(33)20-10-6-4-8-18(20)2)15-25(35-24)31-14-12-21-22(29)11-13-30-26(21)31/h3-14,23-25H,15-16H2,1-2H3/t23-,24+,25+/m0/s1. The minimum absolute atomic E-state index is 0.0421. The van der Waals surface area contributed by atoms with Gasteiger partial charge >= 0.3 is 11.9 Å². The summed E-state index contributed by atoms with van der Waals surface area (Å²) in [6.45, 7) is 3.68. The van der Waals surface area contributed by atoms with Crippen molar-refractivity contribution in [1.82, 2.24) is 9.55 Å². The zero-order valence-corrected chi connectivity index (χ0v) is 22.0. The van der Waals surface area contributed by atoms with Gasteiger partial charge < -0.3 is 18.8 Å². The number of esters is 2. The predicted octanol–water partition coefficient (Wildman–Crippen LogP) is 5.63. The van der Waals surface area contributed by atoms with Crippen molar-refractivity contribution in [3.8, 4) is 0 Å². The fourth-order valence-electron chi connectivity index (χ4n) is 4.44. The van der Waals surface area contributed by atoms with Gasteiger partial charge in [0.25, 0.3) is 0 Å². The molecule has 1 aliphatic heterocycles. The maximum atomic E-state index is 13.0. The summed E-state index contributed by atoms with van der Waals surface area (Å²) in [6.07, 6.45) is 2.42. The molecule has 8 heteroatoms. The van der Waals surface area contributed by atoms with Crippen LogP contribution >= 0.6 is 22.6 Å². The second kappa shape index (κ2) is 10.4. The molecule has 4 aromatic rings. The van der Waals surface area contributed by atoms with Gasteiger partial charge in [-0.25, -0.2) is 14.6 Å². The molecule has 184 valence electrons. The number of hydrogen-bond acceptors (Lipinski definition) is 6. The van der Waals surface area contributed by atoms with Crippen molar-refractivity contribution in [3.63, 3.8) is 0 Å². The number of halogens is 1. The number of carbonyl (C=O) groups excluding carboxylic acids is 2. The Hall–Kier alpha value is -3.24. The van der Waals surface area contributed by atoms with E-state index < -0.39 is 30.4 Å². The van der Waals surface area contributed by atoms with Crippen LogP contribution in [0, 0.1) is 17.4 Å². The lowest BCUT2D eigenvalue weighted by Crippen LogP contribution is -2.32. The van der Waals surface area contributed by atoms with E-state index in [-0.39, 0.29) is 6.61 Å². The molecule has 0 spiro atoms. The SMILES string of the molecule is Cc1ccccc1C(=O)OC[C@H]1O[C@@H](n2ccc3c(I)ccnc32)C[C@@H]1OC(=O)c1ccccc1C. The highest BCUT2D eigenvalue weighted by Gasteiger charge is 2.40. The first kappa shape index (κ1) is 24.5. The van der Waals surface area contributed by atoms with Gasteiger partial charge in [-0.3, -0.25) is 0 Å². The number of ether oxygens (including phenoxy) is 3. The number of aryl methyl sites for hydroxylation is 2. The molecule has 1 aliphatic rings. The van der Waals surface area contributed by atoms with E-state index in [0.717, 1.165) is 25.7 Å². The van der Waals surface area contributed by atoms with Crippen molar-refractivity contribution in [2.45, 2.75) is 38.7 Å². The molecular weight excluding hydrogens is 571 g/mol. The van der Waals surface area contributed by atoms with Gasteiger partial charge in [0.15, 0.2) is 0 Å². The Bertz CT molecular complexity index is 1430. The molecule has 0 saturated carbocycles. The van der Waals surface area contributed by atoms with E-state index in [2.05, 4.69) is 27.6 Å². The van der Waals surface area contributed by atoms with Crippen LogP contribution in [0.5, 0.6) is 0 Å². The highest BCUT2D eigenvalue weighted by Crippen LogP contribution is 2.35. The Balaban J connectivity index is 1.38. The molecule has 2 aromatic heterocycles. The molecule has 3 atom stereocenters. The third kappa shape index (κ3) is 4.87. The zero-order chi connectivity index (χ0) is 25.2. The summed E-state index contributed by atoms with van der Waals surface area (Å²) >= 11 is 2.28. The molecule has 1 fully saturated rings. The second-order valence-corrected chi connectivity index (χ2v) is 9.95. The lowest BCUT2D eigenvalue weighted by molar-refractivity contribution is -0.0562. The van der Waals surface area contributed by atoms with E-state index in [1.54, 1.807) is 30.5 Å². The van der Waals surface area contributed by atoms with E-state index in [4.69, 9.17) is 14.2 Å². The third-order valence-corrected chi connectivity index (χ3v) is 7.36. The van der Waals surface area contributed by atoms with Crippen molar-refractivity contribution in [2.24, 2.45) is 0 Å². The van der Waals surface area contributed by atoms with Gasteiger partial charge in [0.05, 0.1) is 11.1 Å². The summed E-state index contributed by atoms with van der Waals surface area (Å²) < 4.78 is 20.9. The number of rotatable bonds is 6. The molecule has 0 radical (unpaired) electrons. The molecule has 36 heavy (non-hydrogen) atoms. The van der Waals surface area contributed by atoms with Crippen LogP contribution in [0.25, 0.3) is 11.0 Å². The molecule has 2 aromatic carbocycles. The van der Waals surface area contributed by atoms with Crippen molar-refractivity contribution in [2.75, 3.05) is 6.61 Å². The van der Waals surface area contributed by atoms with Crippen LogP contribution in [0.1, 0.15) is 44.5 Å². The summed E-state index contributed by atoms with van der Waals surface area (Å²) in [6, 6.07) is 18.5. The topological polar surface area (TPSA) is 79.7 Å². The van der Waals surface area contributed by atoms with Gasteiger partial charge in [-0.1, -0.05) is 36.4 Å². The minimum atomic E-state index is -0.629. The van der Waals surface area contributed by atoms with E-state index in [1.807, 2.05) is 61.0 Å². The van der Waals surface area contributed by atoms with Gasteiger partial charge in [0, 0.05) is 27.8 Å². The normalized spacial score (nSPS) is 19.4. The first-order valence-corrected chi connectivity index (χ1v) is 12.8. The average Bonchev–Trinajstić information content (AvgIpc) is 3.48. The number of benzene rings is 2. The Kier molecular flexibility index (Phi) is 7.06. The van der Waals surface area contributed by atoms with E-state index in [0.29, 0.717) is 17.5 Å². The minimum Gasteiger partial charge on any atom is -0.459 e. The zero-order valence-electron chi connectivity index (χ0n) is 19.9. The smallest absolute Gasteiger partial charge is 0.338 e. The molecule has 0 aliphatic carbocycles. The lowest BCUT2D eigenvalue weighted by atomic mass is 10.1. The summed E-state index contributed by atoms with van der Waals surface area (Å²) in [7, 11) is 0. The van der Waals surface area contributed by atoms with Gasteiger partial charge in [-0.2, -0.15) is 0 Å². The van der Waals surface area contributed by atoms with Gasteiger partial charge in [-0.05, 0) is 71.8 Å². The summed E-state index contributed by atoms with van der Waals surface area (Å²) in [5.74, 6) is -0.866. The van der Waals surface area contributed by atoms with Crippen molar-refractivity contribution in [1.29, 1.82) is 0 Å². The van der Waals surface area contributed by atoms with Crippen LogP contribution < -0.4 is 0 Å². The fraction of sp³-hybridized carbons (Fsp3) is 0.250. The van der Waals surface area contributed by atoms with Crippen LogP contribution in [-0.4, -0.2) is 40.3 Å². The Labute approximate surface area is 222 Å². The molecule has 0 amide bonds. The van der Waals surface area contributed by atoms with Crippen LogP contribution in [-0.2, 0) is 14.2 Å². The van der Waals surface area contributed by atoms with Crippen molar-refractivity contribution in [3.05, 3.63) is 98.9 Å². The highest BCUT2D eigenvalue weighted by molar-refractivity contribution is 14.1. The Morgan fingerprint density at radius 1 is 1.00 bits per heavy atom. The van der Waals surface area contributed by atoms with Gasteiger partial charge in [0.1, 0.15) is 30.7 Å². The van der Waals surface area contributed by atoms with E-state index in [1.165, 1.54) is 0 Å². The quantitative estimate of drug-likeness (QED) is 0.212. The molecule has 5 rings (SSSR count). The number of hydrogen-bond donors (Lipinski definition) is 0. The van der Waals surface area contributed by atoms with Crippen LogP contribution in [0.4, 0.5) is 0 Å². The highest BCUT2D eigenvalue weighted by atomic mass is 127. The molecular formula is C28H25IN2O5. The van der Waals surface area contributed by atoms with E-state index >= 15 is 0 Å². The molecule has 0 bridgehead atoms. The number of pyridine rings is 1. The van der Waals surface area contributed by atoms with Crippen LogP contribution in [0.15, 0.2) is 73.1 Å². The lowest BCUT2D eigenvalue weighted by Gasteiger charge is -2.19. The molecule has 1 saturated heterocycles. The number of fused-ring (bicyclic) bond motifs is 1. The summed E-state index contributed by atoms with van der Waals surface area (Å²) in [4.78, 5) is 30.3. The van der Waals surface area contributed by atoms with E-state index in [9.17, 15) is 9.59 Å². The van der Waals surface area contributed by atoms with Gasteiger partial charge in [-0.15, -0.1) is 0 Å². The molecule has 3 heterocycles. The van der Waals surface area contributed by atoms with Gasteiger partial charge in [0.2, 0.25) is 0 Å². The third-order valence-electron chi connectivity index (χ3n) is 6.42. The summed E-state index contributed by atoms with van der Waals surface area (Å²) in [5.41, 5.74) is 3.44. The first-order valence-electron chi connectivity index (χ1n) is 11.7. The Morgan fingerprint density at radius 3 is 2.36 bits per heavy atom. The maximum absolute atomic E-state index is 13.0. The molecule has 0 unspecified atom stereocenters. The molecule has 0 N–H and O–H groups in total. The first-order chi connectivity index (χ1) is 17.4. The predicted molar refractivity (Wildman–Crippen MR) is 143 cm³/mol. The van der Waals surface area contributed by atoms with Crippen molar-refractivity contribution < 1.29 is 23.8 Å².